The Hall–Kier alpha value is -1.55. The number of nitrogens with zero attached hydrogens (tertiary/aromatic N) is 2. The van der Waals surface area contributed by atoms with Gasteiger partial charge in [0.2, 0.25) is 0 Å². The van der Waals surface area contributed by atoms with Gasteiger partial charge in [0.1, 0.15) is 17.9 Å². The maximum atomic E-state index is 8.64. The van der Waals surface area contributed by atoms with Gasteiger partial charge in [-0.3, -0.25) is 0 Å². The standard InChI is InChI=1S/C13H12N2O2S2/c16-6-2-4-11-3-1-5-12(9-11)17-7-8-18-13-15-14-10-19-13/h1,3,5,9-10,16H,6-8H2. The van der Waals surface area contributed by atoms with E-state index in [1.165, 1.54) is 11.3 Å². The predicted octanol–water partition coefficient (Wildman–Crippen LogP) is 2.05. The number of benzene rings is 1. The van der Waals surface area contributed by atoms with Crippen LogP contribution in [-0.4, -0.2) is 34.3 Å². The molecule has 1 N–H and O–H groups in total. The van der Waals surface area contributed by atoms with Crippen molar-refractivity contribution in [3.8, 4) is 17.6 Å². The SMILES string of the molecule is OCC#Cc1cccc(OCCSc2nncs2)c1. The zero-order valence-corrected chi connectivity index (χ0v) is 11.7. The first-order chi connectivity index (χ1) is 9.38. The number of rotatable bonds is 5. The summed E-state index contributed by atoms with van der Waals surface area (Å²) in [5, 5.41) is 16.4. The lowest BCUT2D eigenvalue weighted by atomic mass is 10.2. The highest BCUT2D eigenvalue weighted by atomic mass is 32.2. The Kier molecular flexibility index (Phi) is 5.69. The normalized spacial score (nSPS) is 9.74. The lowest BCUT2D eigenvalue weighted by Gasteiger charge is -2.05. The average molecular weight is 292 g/mol. The predicted molar refractivity (Wildman–Crippen MR) is 76.5 cm³/mol. The van der Waals surface area contributed by atoms with Crippen LogP contribution in [0.2, 0.25) is 0 Å². The van der Waals surface area contributed by atoms with Crippen molar-refractivity contribution in [3.05, 3.63) is 35.3 Å². The summed E-state index contributed by atoms with van der Waals surface area (Å²) in [5.74, 6) is 7.06. The summed E-state index contributed by atoms with van der Waals surface area (Å²) in [4.78, 5) is 0. The largest absolute Gasteiger partial charge is 0.493 e. The molecule has 0 aliphatic carbocycles. The number of aliphatic hydroxyl groups excluding tert-OH is 1. The fourth-order valence-electron chi connectivity index (χ4n) is 1.32. The number of thioether (sulfide) groups is 1. The first-order valence-corrected chi connectivity index (χ1v) is 7.46. The molecular weight excluding hydrogens is 280 g/mol. The minimum atomic E-state index is -0.135. The van der Waals surface area contributed by atoms with Crippen LogP contribution >= 0.6 is 23.1 Å². The molecule has 19 heavy (non-hydrogen) atoms. The summed E-state index contributed by atoms with van der Waals surface area (Å²) in [7, 11) is 0. The summed E-state index contributed by atoms with van der Waals surface area (Å²) in [5.41, 5.74) is 2.55. The lowest BCUT2D eigenvalue weighted by Crippen LogP contribution is -2.00. The van der Waals surface area contributed by atoms with Crippen molar-refractivity contribution in [3.63, 3.8) is 0 Å². The van der Waals surface area contributed by atoms with Crippen LogP contribution in [0.5, 0.6) is 5.75 Å². The molecule has 0 amide bonds. The van der Waals surface area contributed by atoms with E-state index in [1.54, 1.807) is 17.3 Å². The third-order valence-electron chi connectivity index (χ3n) is 2.06. The van der Waals surface area contributed by atoms with Crippen molar-refractivity contribution < 1.29 is 9.84 Å². The van der Waals surface area contributed by atoms with Crippen molar-refractivity contribution in [2.45, 2.75) is 4.34 Å². The zero-order chi connectivity index (χ0) is 13.3. The van der Waals surface area contributed by atoms with E-state index in [9.17, 15) is 0 Å². The van der Waals surface area contributed by atoms with E-state index < -0.39 is 0 Å². The first-order valence-electron chi connectivity index (χ1n) is 5.60. The van der Waals surface area contributed by atoms with Crippen LogP contribution in [0.3, 0.4) is 0 Å². The molecule has 0 saturated carbocycles. The average Bonchev–Trinajstić information content (AvgIpc) is 2.95. The molecule has 0 unspecified atom stereocenters. The molecule has 0 bridgehead atoms. The van der Waals surface area contributed by atoms with Crippen LogP contribution in [-0.2, 0) is 0 Å². The van der Waals surface area contributed by atoms with Crippen molar-refractivity contribution >= 4 is 23.1 Å². The molecule has 4 nitrogen and oxygen atoms in total. The number of hydrogen-bond donors (Lipinski definition) is 1. The molecule has 0 saturated heterocycles. The molecule has 6 heteroatoms. The smallest absolute Gasteiger partial charge is 0.174 e. The Morgan fingerprint density at radius 1 is 1.42 bits per heavy atom. The van der Waals surface area contributed by atoms with E-state index in [-0.39, 0.29) is 6.61 Å². The van der Waals surface area contributed by atoms with Gasteiger partial charge in [-0.05, 0) is 18.2 Å². The van der Waals surface area contributed by atoms with Crippen molar-refractivity contribution in [1.29, 1.82) is 0 Å². The van der Waals surface area contributed by atoms with Gasteiger partial charge in [0, 0.05) is 11.3 Å². The van der Waals surface area contributed by atoms with E-state index in [0.717, 1.165) is 21.4 Å². The topological polar surface area (TPSA) is 55.2 Å². The van der Waals surface area contributed by atoms with Gasteiger partial charge < -0.3 is 9.84 Å². The quantitative estimate of drug-likeness (QED) is 0.519. The molecule has 1 aromatic heterocycles. The summed E-state index contributed by atoms with van der Waals surface area (Å²) >= 11 is 3.15. The summed E-state index contributed by atoms with van der Waals surface area (Å²) in [6.07, 6.45) is 0. The monoisotopic (exact) mass is 292 g/mol. The molecule has 0 fully saturated rings. The minimum absolute atomic E-state index is 0.135. The molecular formula is C13H12N2O2S2. The van der Waals surface area contributed by atoms with Crippen LogP contribution in [0, 0.1) is 11.8 Å². The fraction of sp³-hybridized carbons (Fsp3) is 0.231. The number of aliphatic hydroxyl groups is 1. The van der Waals surface area contributed by atoms with Crippen LogP contribution in [0.4, 0.5) is 0 Å². The van der Waals surface area contributed by atoms with Crippen LogP contribution in [0.1, 0.15) is 5.56 Å². The van der Waals surface area contributed by atoms with Crippen molar-refractivity contribution in [1.82, 2.24) is 10.2 Å². The maximum absolute atomic E-state index is 8.64. The molecule has 1 aromatic carbocycles. The van der Waals surface area contributed by atoms with Crippen molar-refractivity contribution in [2.24, 2.45) is 0 Å². The molecule has 0 aliphatic heterocycles. The van der Waals surface area contributed by atoms with E-state index >= 15 is 0 Å². The Balaban J connectivity index is 1.79. The third kappa shape index (κ3) is 4.91. The number of ether oxygens (including phenoxy) is 1. The molecule has 0 spiro atoms. The zero-order valence-electron chi connectivity index (χ0n) is 10.1. The second-order valence-corrected chi connectivity index (χ2v) is 5.56. The molecule has 2 rings (SSSR count). The molecule has 0 aliphatic rings. The molecule has 0 radical (unpaired) electrons. The summed E-state index contributed by atoms with van der Waals surface area (Å²) in [6.45, 7) is 0.463. The Morgan fingerprint density at radius 3 is 3.16 bits per heavy atom. The van der Waals surface area contributed by atoms with E-state index in [1.807, 2.05) is 24.3 Å². The van der Waals surface area contributed by atoms with Gasteiger partial charge >= 0.3 is 0 Å². The van der Waals surface area contributed by atoms with E-state index in [2.05, 4.69) is 22.0 Å². The molecule has 2 aromatic rings. The van der Waals surface area contributed by atoms with Gasteiger partial charge in [-0.15, -0.1) is 10.2 Å². The van der Waals surface area contributed by atoms with Crippen LogP contribution < -0.4 is 4.74 Å². The number of aromatic nitrogens is 2. The molecule has 98 valence electrons. The minimum Gasteiger partial charge on any atom is -0.493 e. The highest BCUT2D eigenvalue weighted by Crippen LogP contribution is 2.19. The summed E-state index contributed by atoms with van der Waals surface area (Å²) < 4.78 is 6.58. The first kappa shape index (κ1) is 13.9. The Bertz CT molecular complexity index is 562. The van der Waals surface area contributed by atoms with Gasteiger partial charge in [0.05, 0.1) is 6.61 Å². The second-order valence-electron chi connectivity index (χ2n) is 3.39. The Labute approximate surface area is 119 Å². The highest BCUT2D eigenvalue weighted by molar-refractivity contribution is 8.01. The maximum Gasteiger partial charge on any atom is 0.174 e. The molecule has 1 heterocycles. The van der Waals surface area contributed by atoms with Gasteiger partial charge in [-0.1, -0.05) is 41.0 Å². The van der Waals surface area contributed by atoms with Crippen molar-refractivity contribution in [2.75, 3.05) is 19.0 Å². The molecule has 0 atom stereocenters. The van der Waals surface area contributed by atoms with Gasteiger partial charge in [-0.2, -0.15) is 0 Å². The lowest BCUT2D eigenvalue weighted by molar-refractivity contribution is 0.344. The van der Waals surface area contributed by atoms with E-state index in [0.29, 0.717) is 6.61 Å². The number of hydrogen-bond acceptors (Lipinski definition) is 6. The van der Waals surface area contributed by atoms with E-state index in [4.69, 9.17) is 9.84 Å². The van der Waals surface area contributed by atoms with Gasteiger partial charge in [-0.25, -0.2) is 0 Å². The third-order valence-corrected chi connectivity index (χ3v) is 3.89. The van der Waals surface area contributed by atoms with Crippen LogP contribution in [0.15, 0.2) is 34.1 Å². The van der Waals surface area contributed by atoms with Crippen LogP contribution in [0.25, 0.3) is 0 Å². The Morgan fingerprint density at radius 2 is 2.37 bits per heavy atom. The fourth-order valence-corrected chi connectivity index (χ4v) is 2.70. The summed E-state index contributed by atoms with van der Waals surface area (Å²) in [6, 6.07) is 7.51. The van der Waals surface area contributed by atoms with Gasteiger partial charge in [0.15, 0.2) is 4.34 Å². The highest BCUT2D eigenvalue weighted by Gasteiger charge is 1.99. The second kappa shape index (κ2) is 7.79. The van der Waals surface area contributed by atoms with Gasteiger partial charge in [0.25, 0.3) is 0 Å².